The lowest BCUT2D eigenvalue weighted by molar-refractivity contribution is 0.811. The molecule has 0 aliphatic rings. The van der Waals surface area contributed by atoms with Gasteiger partial charge in [-0.3, -0.25) is 4.98 Å². The fraction of sp³-hybridized carbons (Fsp3) is 0.208. The van der Waals surface area contributed by atoms with Gasteiger partial charge in [0.25, 0.3) is 0 Å². The van der Waals surface area contributed by atoms with Crippen molar-refractivity contribution in [1.29, 1.82) is 10.8 Å². The minimum absolute atomic E-state index is 0.142. The summed E-state index contributed by atoms with van der Waals surface area (Å²) >= 11 is 0. The van der Waals surface area contributed by atoms with Crippen LogP contribution in [0.25, 0.3) is 22.5 Å². The van der Waals surface area contributed by atoms with E-state index in [1.165, 1.54) is 6.20 Å². The maximum atomic E-state index is 9.11. The zero-order valence-electron chi connectivity index (χ0n) is 18.9. The van der Waals surface area contributed by atoms with Crippen molar-refractivity contribution in [3.8, 4) is 11.9 Å². The first-order valence-electron chi connectivity index (χ1n) is 10.8. The van der Waals surface area contributed by atoms with Gasteiger partial charge in [0.1, 0.15) is 11.8 Å². The molecule has 4 aromatic rings. The van der Waals surface area contributed by atoms with Gasteiger partial charge in [-0.25, -0.2) is 15.5 Å². The smallest absolute Gasteiger partial charge is 0.164 e. The number of anilines is 1. The molecule has 0 aromatic carbocycles. The minimum Gasteiger partial charge on any atom is -0.389 e. The molecule has 0 saturated carbocycles. The number of nitrogens with one attached hydrogen (secondary N) is 3. The highest BCUT2D eigenvalue weighted by Gasteiger charge is 2.14. The van der Waals surface area contributed by atoms with E-state index >= 15 is 0 Å². The molecule has 3 N–H and O–H groups in total. The highest BCUT2D eigenvalue weighted by molar-refractivity contribution is 5.79. The largest absolute Gasteiger partial charge is 0.389 e. The Hall–Kier alpha value is -4.65. The molecule has 0 bridgehead atoms. The van der Waals surface area contributed by atoms with Crippen LogP contribution >= 0.6 is 0 Å². The van der Waals surface area contributed by atoms with Crippen molar-refractivity contribution >= 4 is 22.4 Å². The molecule has 0 aliphatic heterocycles. The van der Waals surface area contributed by atoms with Crippen LogP contribution in [-0.2, 0) is 6.42 Å². The second-order valence-corrected chi connectivity index (χ2v) is 7.86. The molecule has 4 rings (SSSR count). The van der Waals surface area contributed by atoms with Crippen molar-refractivity contribution in [3.63, 3.8) is 0 Å². The molecule has 0 saturated heterocycles. The fourth-order valence-electron chi connectivity index (χ4n) is 3.43. The molecule has 10 nitrogen and oxygen atoms in total. The van der Waals surface area contributed by atoms with Crippen LogP contribution in [0, 0.1) is 16.9 Å². The van der Waals surface area contributed by atoms with Crippen molar-refractivity contribution < 1.29 is 0 Å². The molecular weight excluding hydrogens is 428 g/mol. The Labute approximate surface area is 196 Å². The summed E-state index contributed by atoms with van der Waals surface area (Å²) in [7, 11) is 0. The van der Waals surface area contributed by atoms with E-state index in [9.17, 15) is 0 Å². The molecule has 170 valence electrons. The number of nitriles is 1. The number of pyridine rings is 3. The van der Waals surface area contributed by atoms with Crippen molar-refractivity contribution in [2.75, 3.05) is 11.9 Å². The Kier molecular flexibility index (Phi) is 6.84. The zero-order chi connectivity index (χ0) is 23.9. The predicted octanol–water partition coefficient (Wildman–Crippen LogP) is 4.06. The van der Waals surface area contributed by atoms with Crippen LogP contribution in [0.2, 0.25) is 0 Å². The third-order valence-corrected chi connectivity index (χ3v) is 4.97. The Morgan fingerprint density at radius 3 is 2.82 bits per heavy atom. The van der Waals surface area contributed by atoms with Crippen LogP contribution in [0.3, 0.4) is 0 Å². The van der Waals surface area contributed by atoms with Gasteiger partial charge in [-0.1, -0.05) is 6.07 Å². The van der Waals surface area contributed by atoms with E-state index in [1.807, 2.05) is 38.1 Å². The van der Waals surface area contributed by atoms with E-state index < -0.39 is 0 Å². The summed E-state index contributed by atoms with van der Waals surface area (Å²) in [6.45, 7) is 4.72. The molecule has 4 aromatic heterocycles. The van der Waals surface area contributed by atoms with Crippen LogP contribution < -0.4 is 10.6 Å². The number of rotatable bonds is 9. The fourth-order valence-corrected chi connectivity index (χ4v) is 3.43. The average Bonchev–Trinajstić information content (AvgIpc) is 3.28. The van der Waals surface area contributed by atoms with E-state index in [2.05, 4.69) is 41.9 Å². The van der Waals surface area contributed by atoms with Gasteiger partial charge in [-0.15, -0.1) is 0 Å². The average molecular weight is 453 g/mol. The minimum atomic E-state index is 0.142. The standard InChI is InChI=1S/C24H24N10/c1-16(2)32-21-10-23(34-24-18(13-31-34)9-17(11-25)12-30-24)29-14-20(21)22(33-26)15-27-8-6-19-5-3-4-7-28-19/h3-5,7,9-10,12-16,26-27H,6,8H2,1-2H3,(H,29,32)/b22-15-,33-26?. The molecule has 10 heteroatoms. The van der Waals surface area contributed by atoms with Gasteiger partial charge in [0.05, 0.1) is 11.8 Å². The Balaban J connectivity index is 1.62. The Morgan fingerprint density at radius 1 is 1.21 bits per heavy atom. The van der Waals surface area contributed by atoms with Gasteiger partial charge in [-0.05, 0) is 32.0 Å². The van der Waals surface area contributed by atoms with Crippen molar-refractivity contribution in [1.82, 2.24) is 30.0 Å². The second kappa shape index (κ2) is 10.3. The summed E-state index contributed by atoms with van der Waals surface area (Å²) in [5.41, 5.74) is 11.7. The third-order valence-electron chi connectivity index (χ3n) is 4.97. The summed E-state index contributed by atoms with van der Waals surface area (Å²) in [5.74, 6) is 0.562. The second-order valence-electron chi connectivity index (χ2n) is 7.86. The molecule has 0 unspecified atom stereocenters. The van der Waals surface area contributed by atoms with E-state index in [1.54, 1.807) is 35.5 Å². The first kappa shape index (κ1) is 22.5. The molecule has 0 radical (unpaired) electrons. The van der Waals surface area contributed by atoms with Crippen molar-refractivity contribution in [3.05, 3.63) is 78.1 Å². The van der Waals surface area contributed by atoms with Gasteiger partial charge in [0.2, 0.25) is 0 Å². The first-order valence-corrected chi connectivity index (χ1v) is 10.8. The van der Waals surface area contributed by atoms with Crippen LogP contribution in [-0.4, -0.2) is 37.3 Å². The Morgan fingerprint density at radius 2 is 2.09 bits per heavy atom. The molecule has 0 spiro atoms. The van der Waals surface area contributed by atoms with Crippen molar-refractivity contribution in [2.24, 2.45) is 5.11 Å². The third kappa shape index (κ3) is 5.05. The molecule has 0 aliphatic carbocycles. The summed E-state index contributed by atoms with van der Waals surface area (Å²) < 4.78 is 1.62. The number of aromatic nitrogens is 5. The van der Waals surface area contributed by atoms with E-state index in [-0.39, 0.29) is 6.04 Å². The molecule has 34 heavy (non-hydrogen) atoms. The normalized spacial score (nSPS) is 11.4. The molecule has 0 fully saturated rings. The number of hydrogen-bond acceptors (Lipinski definition) is 9. The van der Waals surface area contributed by atoms with E-state index in [0.29, 0.717) is 34.8 Å². The zero-order valence-corrected chi connectivity index (χ0v) is 18.9. The Bertz CT molecular complexity index is 1370. The van der Waals surface area contributed by atoms with Crippen LogP contribution in [0.4, 0.5) is 5.69 Å². The highest BCUT2D eigenvalue weighted by atomic mass is 15.3. The topological polar surface area (TPSA) is 141 Å². The lowest BCUT2D eigenvalue weighted by Gasteiger charge is -2.16. The maximum absolute atomic E-state index is 9.11. The van der Waals surface area contributed by atoms with Crippen molar-refractivity contribution in [2.45, 2.75) is 26.3 Å². The maximum Gasteiger partial charge on any atom is 0.164 e. The summed E-state index contributed by atoms with van der Waals surface area (Å²) in [6.07, 6.45) is 9.08. The number of fused-ring (bicyclic) bond motifs is 1. The quantitative estimate of drug-likeness (QED) is 0.257. The van der Waals surface area contributed by atoms with E-state index in [0.717, 1.165) is 23.2 Å². The van der Waals surface area contributed by atoms with Gasteiger partial charge in [0, 0.05) is 72.2 Å². The van der Waals surface area contributed by atoms with E-state index in [4.69, 9.17) is 10.8 Å². The summed E-state index contributed by atoms with van der Waals surface area (Å²) in [6, 6.07) is 11.6. The summed E-state index contributed by atoms with van der Waals surface area (Å²) in [5, 5.41) is 24.6. The highest BCUT2D eigenvalue weighted by Crippen LogP contribution is 2.27. The van der Waals surface area contributed by atoms with Crippen LogP contribution in [0.15, 0.2) is 66.4 Å². The van der Waals surface area contributed by atoms with Crippen LogP contribution in [0.5, 0.6) is 0 Å². The first-order chi connectivity index (χ1) is 16.6. The van der Waals surface area contributed by atoms with Gasteiger partial charge >= 0.3 is 0 Å². The lowest BCUT2D eigenvalue weighted by Crippen LogP contribution is -2.14. The molecular formula is C24H24N10. The van der Waals surface area contributed by atoms with Crippen LogP contribution in [0.1, 0.15) is 30.7 Å². The summed E-state index contributed by atoms with van der Waals surface area (Å²) in [4.78, 5) is 13.2. The predicted molar refractivity (Wildman–Crippen MR) is 129 cm³/mol. The van der Waals surface area contributed by atoms with Gasteiger partial charge in [0.15, 0.2) is 11.5 Å². The monoisotopic (exact) mass is 452 g/mol. The SMILES string of the molecule is CC(C)Nc1cc(-n2ncc3cc(C#N)cnc32)ncc1/C(=C/NCCc1ccccn1)N=N. The number of nitrogens with zero attached hydrogens (tertiary/aromatic N) is 7. The lowest BCUT2D eigenvalue weighted by atomic mass is 10.1. The van der Waals surface area contributed by atoms with Gasteiger partial charge < -0.3 is 10.6 Å². The molecule has 0 atom stereocenters. The molecule has 4 heterocycles. The number of hydrogen-bond donors (Lipinski definition) is 3. The molecule has 0 amide bonds. The van der Waals surface area contributed by atoms with Gasteiger partial charge in [-0.2, -0.15) is 20.2 Å².